The molecule has 15 nitrogen and oxygen atoms in total. The Bertz CT molecular complexity index is 689. The number of nitrogens with zero attached hydrogens (tertiary/aromatic N) is 2. The number of carbonyl (C=O) groups is 4. The number of nitrogens with two attached hydrogens (primary N) is 6. The first-order valence-electron chi connectivity index (χ1n) is 9.24. The van der Waals surface area contributed by atoms with Gasteiger partial charge in [0.1, 0.15) is 12.1 Å². The summed E-state index contributed by atoms with van der Waals surface area (Å²) in [5, 5.41) is 9.68. The van der Waals surface area contributed by atoms with Crippen LogP contribution >= 0.6 is 0 Å². The second-order valence-electron chi connectivity index (χ2n) is 6.36. The SMILES string of the molecule is NC(N)=NCCC[C@@H](N)C(=O)OC(=O)CC(O)C(=O)OC(=O)[C@H](N)CCCN=C(N)N. The highest BCUT2D eigenvalue weighted by Crippen LogP contribution is 2.04. The summed E-state index contributed by atoms with van der Waals surface area (Å²) < 4.78 is 8.85. The number of guanidine groups is 2. The number of aliphatic hydroxyl groups is 1. The van der Waals surface area contributed by atoms with Gasteiger partial charge in [-0.25, -0.2) is 14.4 Å². The molecule has 0 aromatic rings. The minimum absolute atomic E-state index is 0.108. The number of esters is 4. The number of carbonyl (C=O) groups excluding carboxylic acids is 4. The fraction of sp³-hybridized carbons (Fsp3) is 0.625. The van der Waals surface area contributed by atoms with E-state index >= 15 is 0 Å². The Balaban J connectivity index is 4.32. The van der Waals surface area contributed by atoms with Crippen LogP contribution in [0.4, 0.5) is 0 Å². The zero-order chi connectivity index (χ0) is 24.0. The first-order valence-corrected chi connectivity index (χ1v) is 9.24. The third-order valence-corrected chi connectivity index (χ3v) is 3.59. The Labute approximate surface area is 178 Å². The van der Waals surface area contributed by atoms with Crippen LogP contribution in [-0.4, -0.2) is 72.2 Å². The summed E-state index contributed by atoms with van der Waals surface area (Å²) in [6.07, 6.45) is -2.05. The van der Waals surface area contributed by atoms with Crippen molar-refractivity contribution in [1.29, 1.82) is 0 Å². The molecular weight excluding hydrogens is 416 g/mol. The lowest BCUT2D eigenvalue weighted by molar-refractivity contribution is -0.172. The van der Waals surface area contributed by atoms with Crippen molar-refractivity contribution in [3.63, 3.8) is 0 Å². The van der Waals surface area contributed by atoms with Crippen LogP contribution in [0.25, 0.3) is 0 Å². The van der Waals surface area contributed by atoms with Gasteiger partial charge in [0.15, 0.2) is 18.0 Å². The molecule has 0 radical (unpaired) electrons. The highest BCUT2D eigenvalue weighted by Gasteiger charge is 2.28. The highest BCUT2D eigenvalue weighted by molar-refractivity contribution is 5.94. The van der Waals surface area contributed by atoms with Gasteiger partial charge in [-0.15, -0.1) is 0 Å². The zero-order valence-electron chi connectivity index (χ0n) is 16.9. The summed E-state index contributed by atoms with van der Waals surface area (Å²) in [6, 6.07) is -2.31. The second-order valence-corrected chi connectivity index (χ2v) is 6.36. The minimum atomic E-state index is -2.05. The molecule has 0 bridgehead atoms. The molecule has 0 saturated heterocycles. The first-order chi connectivity index (χ1) is 14.4. The van der Waals surface area contributed by atoms with Crippen molar-refractivity contribution in [2.75, 3.05) is 13.1 Å². The number of hydrogen-bond donors (Lipinski definition) is 7. The Morgan fingerprint density at radius 3 is 1.58 bits per heavy atom. The van der Waals surface area contributed by atoms with Gasteiger partial charge in [-0.05, 0) is 25.7 Å². The van der Waals surface area contributed by atoms with E-state index in [1.165, 1.54) is 0 Å². The van der Waals surface area contributed by atoms with E-state index in [1.807, 2.05) is 0 Å². The zero-order valence-corrected chi connectivity index (χ0v) is 16.9. The average molecular weight is 446 g/mol. The summed E-state index contributed by atoms with van der Waals surface area (Å²) >= 11 is 0. The molecule has 0 aliphatic rings. The highest BCUT2D eigenvalue weighted by atomic mass is 16.6. The molecule has 176 valence electrons. The smallest absolute Gasteiger partial charge is 0.343 e. The van der Waals surface area contributed by atoms with E-state index in [1.54, 1.807) is 0 Å². The van der Waals surface area contributed by atoms with Crippen LogP contribution < -0.4 is 34.4 Å². The maximum absolute atomic E-state index is 11.7. The fourth-order valence-corrected chi connectivity index (χ4v) is 1.99. The van der Waals surface area contributed by atoms with Crippen molar-refractivity contribution < 1.29 is 33.8 Å². The fourth-order valence-electron chi connectivity index (χ4n) is 1.99. The summed E-state index contributed by atoms with van der Waals surface area (Å²) in [5.41, 5.74) is 31.7. The number of aliphatic imine (C=N–C) groups is 2. The lowest BCUT2D eigenvalue weighted by atomic mass is 10.1. The van der Waals surface area contributed by atoms with Crippen LogP contribution in [0.1, 0.15) is 32.1 Å². The largest absolute Gasteiger partial charge is 0.392 e. The molecule has 0 aliphatic heterocycles. The first kappa shape index (κ1) is 27.7. The maximum Gasteiger partial charge on any atom is 0.343 e. The van der Waals surface area contributed by atoms with Crippen molar-refractivity contribution in [2.24, 2.45) is 44.4 Å². The molecule has 31 heavy (non-hydrogen) atoms. The molecule has 0 aliphatic carbocycles. The van der Waals surface area contributed by atoms with Gasteiger partial charge >= 0.3 is 23.9 Å². The van der Waals surface area contributed by atoms with E-state index < -0.39 is 48.5 Å². The van der Waals surface area contributed by atoms with Crippen LogP contribution in [0.2, 0.25) is 0 Å². The number of hydrogen-bond acceptors (Lipinski definition) is 11. The number of ether oxygens (including phenoxy) is 2. The number of aliphatic hydroxyl groups excluding tert-OH is 1. The van der Waals surface area contributed by atoms with Crippen LogP contribution in [-0.2, 0) is 28.7 Å². The van der Waals surface area contributed by atoms with Gasteiger partial charge in [0.05, 0.1) is 6.42 Å². The predicted molar refractivity (Wildman–Crippen MR) is 109 cm³/mol. The Morgan fingerprint density at radius 2 is 1.16 bits per heavy atom. The van der Waals surface area contributed by atoms with Gasteiger partial charge in [0, 0.05) is 13.1 Å². The number of rotatable bonds is 13. The van der Waals surface area contributed by atoms with E-state index in [2.05, 4.69) is 19.5 Å². The molecule has 0 heterocycles. The lowest BCUT2D eigenvalue weighted by Gasteiger charge is -2.13. The van der Waals surface area contributed by atoms with Gasteiger partial charge in [-0.1, -0.05) is 0 Å². The van der Waals surface area contributed by atoms with Crippen molar-refractivity contribution in [2.45, 2.75) is 50.3 Å². The summed E-state index contributed by atoms with van der Waals surface area (Å²) in [5.74, 6) is -5.06. The van der Waals surface area contributed by atoms with Crippen LogP contribution in [0.15, 0.2) is 9.98 Å². The predicted octanol–water partition coefficient (Wildman–Crippen LogP) is -4.36. The Morgan fingerprint density at radius 1 is 0.742 bits per heavy atom. The molecule has 0 rings (SSSR count). The second kappa shape index (κ2) is 14.6. The molecular formula is C16H30N8O7. The third-order valence-electron chi connectivity index (χ3n) is 3.59. The van der Waals surface area contributed by atoms with Crippen molar-refractivity contribution >= 4 is 35.8 Å². The van der Waals surface area contributed by atoms with E-state index in [0.717, 1.165) is 0 Å². The molecule has 0 saturated carbocycles. The maximum atomic E-state index is 11.7. The Kier molecular flexibility index (Phi) is 13.1. The normalized spacial score (nSPS) is 13.3. The average Bonchev–Trinajstić information content (AvgIpc) is 2.67. The van der Waals surface area contributed by atoms with Gasteiger partial charge < -0.3 is 49.0 Å². The van der Waals surface area contributed by atoms with E-state index in [-0.39, 0.29) is 37.9 Å². The van der Waals surface area contributed by atoms with E-state index in [9.17, 15) is 24.3 Å². The van der Waals surface area contributed by atoms with E-state index in [4.69, 9.17) is 34.4 Å². The molecule has 0 spiro atoms. The van der Waals surface area contributed by atoms with Gasteiger partial charge in [0.25, 0.3) is 0 Å². The van der Waals surface area contributed by atoms with Crippen molar-refractivity contribution in [3.8, 4) is 0 Å². The van der Waals surface area contributed by atoms with Gasteiger partial charge in [0.2, 0.25) is 0 Å². The molecule has 0 aromatic carbocycles. The summed E-state index contributed by atoms with van der Waals surface area (Å²) in [6.45, 7) is 0.447. The quantitative estimate of drug-likeness (QED) is 0.0463. The monoisotopic (exact) mass is 446 g/mol. The molecule has 15 heteroatoms. The summed E-state index contributed by atoms with van der Waals surface area (Å²) in [4.78, 5) is 54.2. The van der Waals surface area contributed by atoms with Gasteiger partial charge in [-0.2, -0.15) is 0 Å². The van der Waals surface area contributed by atoms with Crippen LogP contribution in [0.3, 0.4) is 0 Å². The Hall–Kier alpha value is -3.30. The molecule has 13 N–H and O–H groups in total. The molecule has 1 unspecified atom stereocenters. The van der Waals surface area contributed by atoms with Crippen LogP contribution in [0, 0.1) is 0 Å². The third kappa shape index (κ3) is 13.5. The van der Waals surface area contributed by atoms with Crippen molar-refractivity contribution in [1.82, 2.24) is 0 Å². The molecule has 0 fully saturated rings. The summed E-state index contributed by atoms with van der Waals surface area (Å²) in [7, 11) is 0. The molecule has 3 atom stereocenters. The minimum Gasteiger partial charge on any atom is -0.392 e. The molecule has 0 amide bonds. The molecule has 0 aromatic heterocycles. The standard InChI is InChI=1S/C16H30N8O7/c17-8(3-1-5-23-15(19)20)12(27)30-11(26)7-10(25)14(29)31-13(28)9(18)4-2-6-24-16(21)22/h8-10,25H,1-7,17-18H2,(H4,19,20,23)(H4,21,22,24)/t8-,9-,10?/m1/s1. The lowest BCUT2D eigenvalue weighted by Crippen LogP contribution is -2.38. The van der Waals surface area contributed by atoms with Gasteiger partial charge in [-0.3, -0.25) is 14.8 Å². The van der Waals surface area contributed by atoms with E-state index in [0.29, 0.717) is 12.8 Å². The van der Waals surface area contributed by atoms with Crippen LogP contribution in [0.5, 0.6) is 0 Å². The van der Waals surface area contributed by atoms with Crippen molar-refractivity contribution in [3.05, 3.63) is 0 Å². The topological polar surface area (TPSA) is 288 Å².